The Morgan fingerprint density at radius 3 is 1.37 bits per heavy atom. The minimum Gasteiger partial charge on any atom is -0.507 e. The van der Waals surface area contributed by atoms with Crippen molar-refractivity contribution in [3.05, 3.63) is 91.0 Å². The van der Waals surface area contributed by atoms with E-state index in [-0.39, 0.29) is 22.6 Å². The third-order valence-electron chi connectivity index (χ3n) is 4.73. The Labute approximate surface area is 168 Å². The molecule has 1 aromatic carbocycles. The molecule has 0 fully saturated rings. The van der Waals surface area contributed by atoms with E-state index in [1.165, 1.54) is 38.1 Å². The number of carbonyl (C=O) groups excluding carboxylic acids is 2. The number of hydrogen-bond acceptors (Lipinski definition) is 8. The number of benzene rings is 1. The SMILES string of the molecule is Cc1cc(O)c(C2=C(c3c(O)cc(C)oc3=O)C(=O)c3ccccc3C2=O)c(=O)o1. The first-order chi connectivity index (χ1) is 14.2. The normalized spacial score (nSPS) is 13.5. The molecule has 1 aliphatic rings. The van der Waals surface area contributed by atoms with Gasteiger partial charge in [-0.15, -0.1) is 0 Å². The molecule has 0 radical (unpaired) electrons. The van der Waals surface area contributed by atoms with Crippen LogP contribution in [-0.2, 0) is 0 Å². The first-order valence-electron chi connectivity index (χ1n) is 8.81. The summed E-state index contributed by atoms with van der Waals surface area (Å²) in [4.78, 5) is 51.7. The highest BCUT2D eigenvalue weighted by molar-refractivity contribution is 6.52. The van der Waals surface area contributed by atoms with Crippen molar-refractivity contribution in [3.8, 4) is 11.5 Å². The minimum atomic E-state index is -1.07. The maximum absolute atomic E-state index is 13.3. The molecule has 150 valence electrons. The second-order valence-corrected chi connectivity index (χ2v) is 6.76. The Kier molecular flexibility index (Phi) is 4.27. The molecule has 0 aliphatic heterocycles. The quantitative estimate of drug-likeness (QED) is 0.663. The van der Waals surface area contributed by atoms with Gasteiger partial charge in [-0.3, -0.25) is 9.59 Å². The summed E-state index contributed by atoms with van der Waals surface area (Å²) < 4.78 is 10.0. The van der Waals surface area contributed by atoms with Crippen LogP contribution in [0, 0.1) is 13.8 Å². The lowest BCUT2D eigenvalue weighted by molar-refractivity contribution is 0.101. The number of rotatable bonds is 2. The van der Waals surface area contributed by atoms with Gasteiger partial charge in [0.1, 0.15) is 34.1 Å². The molecule has 2 N–H and O–H groups in total. The number of fused-ring (bicyclic) bond motifs is 1. The van der Waals surface area contributed by atoms with Gasteiger partial charge in [0.25, 0.3) is 0 Å². The molecule has 1 aliphatic carbocycles. The highest BCUT2D eigenvalue weighted by atomic mass is 16.4. The van der Waals surface area contributed by atoms with Crippen molar-refractivity contribution in [1.82, 2.24) is 0 Å². The second-order valence-electron chi connectivity index (χ2n) is 6.76. The van der Waals surface area contributed by atoms with E-state index in [1.54, 1.807) is 0 Å². The summed E-state index contributed by atoms with van der Waals surface area (Å²) in [5, 5.41) is 20.8. The first-order valence-corrected chi connectivity index (χ1v) is 8.81. The van der Waals surface area contributed by atoms with E-state index in [2.05, 4.69) is 0 Å². The van der Waals surface area contributed by atoms with E-state index in [1.807, 2.05) is 0 Å². The lowest BCUT2D eigenvalue weighted by Crippen LogP contribution is -2.26. The molecule has 8 nitrogen and oxygen atoms in total. The molecule has 8 heteroatoms. The van der Waals surface area contributed by atoms with Gasteiger partial charge in [-0.25, -0.2) is 9.59 Å². The summed E-state index contributed by atoms with van der Waals surface area (Å²) in [7, 11) is 0. The summed E-state index contributed by atoms with van der Waals surface area (Å²) in [6.45, 7) is 2.84. The van der Waals surface area contributed by atoms with E-state index < -0.39 is 56.6 Å². The van der Waals surface area contributed by atoms with Crippen LogP contribution in [0.3, 0.4) is 0 Å². The largest absolute Gasteiger partial charge is 0.507 e. The maximum atomic E-state index is 13.3. The molecule has 0 spiro atoms. The van der Waals surface area contributed by atoms with Crippen LogP contribution in [0.25, 0.3) is 11.1 Å². The smallest absolute Gasteiger partial charge is 0.347 e. The zero-order valence-electron chi connectivity index (χ0n) is 15.8. The molecule has 0 saturated carbocycles. The van der Waals surface area contributed by atoms with Crippen LogP contribution in [0.15, 0.2) is 54.8 Å². The summed E-state index contributed by atoms with van der Waals surface area (Å²) in [6, 6.07) is 8.05. The summed E-state index contributed by atoms with van der Waals surface area (Å²) in [5.41, 5.74) is -4.43. The fourth-order valence-electron chi connectivity index (χ4n) is 3.50. The lowest BCUT2D eigenvalue weighted by atomic mass is 9.79. The van der Waals surface area contributed by atoms with Gasteiger partial charge in [-0.1, -0.05) is 24.3 Å². The van der Waals surface area contributed by atoms with E-state index in [0.29, 0.717) is 0 Å². The summed E-state index contributed by atoms with van der Waals surface area (Å²) in [6.07, 6.45) is 0. The van der Waals surface area contributed by atoms with Gasteiger partial charge < -0.3 is 19.0 Å². The average molecular weight is 406 g/mol. The van der Waals surface area contributed by atoms with Gasteiger partial charge in [0.05, 0.1) is 11.1 Å². The van der Waals surface area contributed by atoms with Gasteiger partial charge in [0.2, 0.25) is 0 Å². The van der Waals surface area contributed by atoms with Crippen molar-refractivity contribution in [3.63, 3.8) is 0 Å². The average Bonchev–Trinajstić information content (AvgIpc) is 2.66. The van der Waals surface area contributed by atoms with E-state index >= 15 is 0 Å². The number of carbonyl (C=O) groups is 2. The fourth-order valence-corrected chi connectivity index (χ4v) is 3.50. The number of ketones is 2. The zero-order valence-corrected chi connectivity index (χ0v) is 15.8. The molecule has 4 rings (SSSR count). The molecular weight excluding hydrogens is 392 g/mol. The molecule has 0 atom stereocenters. The minimum absolute atomic E-state index is 0.0170. The molecule has 2 aromatic heterocycles. The molecule has 30 heavy (non-hydrogen) atoms. The number of hydrogen-bond donors (Lipinski definition) is 2. The second kappa shape index (κ2) is 6.70. The Balaban J connectivity index is 2.20. The zero-order chi connectivity index (χ0) is 21.7. The Bertz CT molecular complexity index is 1290. The Morgan fingerprint density at radius 2 is 1.03 bits per heavy atom. The summed E-state index contributed by atoms with van der Waals surface area (Å²) in [5.74, 6) is -2.62. The number of aromatic hydroxyl groups is 2. The van der Waals surface area contributed by atoms with Crippen LogP contribution in [0.4, 0.5) is 0 Å². The monoisotopic (exact) mass is 406 g/mol. The molecular formula is C22H14O8. The van der Waals surface area contributed by atoms with Crippen molar-refractivity contribution in [2.75, 3.05) is 0 Å². The van der Waals surface area contributed by atoms with Crippen LogP contribution in [-0.4, -0.2) is 21.8 Å². The van der Waals surface area contributed by atoms with Crippen LogP contribution in [0.2, 0.25) is 0 Å². The van der Waals surface area contributed by atoms with Crippen molar-refractivity contribution in [2.24, 2.45) is 0 Å². The van der Waals surface area contributed by atoms with Crippen molar-refractivity contribution >= 4 is 22.7 Å². The van der Waals surface area contributed by atoms with Gasteiger partial charge >= 0.3 is 11.3 Å². The number of Topliss-reactive ketones (excluding diaryl/α,β-unsaturated/α-hetero) is 2. The van der Waals surface area contributed by atoms with E-state index in [0.717, 1.165) is 12.1 Å². The molecule has 3 aromatic rings. The predicted octanol–water partition coefficient (Wildman–Crippen LogP) is 2.61. The van der Waals surface area contributed by atoms with Crippen molar-refractivity contribution < 1.29 is 28.6 Å². The van der Waals surface area contributed by atoms with Crippen LogP contribution in [0.5, 0.6) is 11.5 Å². The molecule has 0 saturated heterocycles. The lowest BCUT2D eigenvalue weighted by Gasteiger charge is -2.21. The molecule has 2 heterocycles. The topological polar surface area (TPSA) is 135 Å². The highest BCUT2D eigenvalue weighted by Crippen LogP contribution is 2.40. The van der Waals surface area contributed by atoms with Gasteiger partial charge in [0, 0.05) is 23.3 Å². The van der Waals surface area contributed by atoms with E-state index in [9.17, 15) is 29.4 Å². The van der Waals surface area contributed by atoms with Gasteiger partial charge in [-0.2, -0.15) is 0 Å². The third kappa shape index (κ3) is 2.77. The van der Waals surface area contributed by atoms with Crippen LogP contribution < -0.4 is 11.3 Å². The summed E-state index contributed by atoms with van der Waals surface area (Å²) >= 11 is 0. The van der Waals surface area contributed by atoms with Gasteiger partial charge in [0.15, 0.2) is 11.6 Å². The number of aryl methyl sites for hydroxylation is 2. The van der Waals surface area contributed by atoms with Gasteiger partial charge in [-0.05, 0) is 13.8 Å². The Hall–Kier alpha value is -4.20. The molecule has 0 unspecified atom stereocenters. The van der Waals surface area contributed by atoms with E-state index in [4.69, 9.17) is 8.83 Å². The maximum Gasteiger partial charge on any atom is 0.347 e. The standard InChI is InChI=1S/C22H14O8/c1-9-7-13(23)15(21(27)29-9)17-18(16-14(24)8-10(2)30-22(16)28)20(26)12-6-4-3-5-11(12)19(17)25/h3-8,23-24H,1-2H3. The van der Waals surface area contributed by atoms with Crippen LogP contribution >= 0.6 is 0 Å². The van der Waals surface area contributed by atoms with Crippen molar-refractivity contribution in [1.29, 1.82) is 0 Å². The molecule has 0 bridgehead atoms. The van der Waals surface area contributed by atoms with Crippen molar-refractivity contribution in [2.45, 2.75) is 13.8 Å². The predicted molar refractivity (Wildman–Crippen MR) is 105 cm³/mol. The van der Waals surface area contributed by atoms with Crippen LogP contribution in [0.1, 0.15) is 43.4 Å². The molecule has 0 amide bonds. The third-order valence-corrected chi connectivity index (χ3v) is 4.73. The first kappa shape index (κ1) is 19.1. The fraction of sp³-hybridized carbons (Fsp3) is 0.0909. The number of allylic oxidation sites excluding steroid dienone is 2. The highest BCUT2D eigenvalue weighted by Gasteiger charge is 2.38. The Morgan fingerprint density at radius 1 is 0.667 bits per heavy atom.